The van der Waals surface area contributed by atoms with Crippen LogP contribution in [-0.4, -0.2) is 34.6 Å². The maximum atomic E-state index is 10.7. The number of carboxylic acids is 1. The Morgan fingerprint density at radius 2 is 2.27 bits per heavy atom. The minimum Gasteiger partial charge on any atom is -0.478 e. The number of nitrogens with zero attached hydrogens (tertiary/aromatic N) is 3. The van der Waals surface area contributed by atoms with Crippen LogP contribution in [0.15, 0.2) is 24.5 Å². The van der Waals surface area contributed by atoms with E-state index in [1.165, 1.54) is 0 Å². The van der Waals surface area contributed by atoms with E-state index >= 15 is 0 Å². The summed E-state index contributed by atoms with van der Waals surface area (Å²) in [5.74, 6) is -0.146. The normalized spacial score (nSPS) is 10.5. The first-order chi connectivity index (χ1) is 7.09. The summed E-state index contributed by atoms with van der Waals surface area (Å²) in [4.78, 5) is 16.8. The van der Waals surface area contributed by atoms with Crippen LogP contribution in [0.3, 0.4) is 0 Å². The van der Waals surface area contributed by atoms with Gasteiger partial charge in [-0.2, -0.15) is 0 Å². The summed E-state index contributed by atoms with van der Waals surface area (Å²) in [5.41, 5.74) is 1.05. The van der Waals surface area contributed by atoms with E-state index in [1.807, 2.05) is 23.4 Å². The van der Waals surface area contributed by atoms with Gasteiger partial charge in [0.1, 0.15) is 0 Å². The second-order valence-electron chi connectivity index (χ2n) is 3.47. The topological polar surface area (TPSA) is 57.8 Å². The first-order valence-corrected chi connectivity index (χ1v) is 4.47. The van der Waals surface area contributed by atoms with Crippen molar-refractivity contribution >= 4 is 17.4 Å². The number of anilines is 1. The molecule has 0 atom stereocenters. The van der Waals surface area contributed by atoms with Gasteiger partial charge in [-0.25, -0.2) is 9.78 Å². The molecule has 0 unspecified atom stereocenters. The quantitative estimate of drug-likeness (QED) is 0.797. The molecule has 2 rings (SSSR count). The van der Waals surface area contributed by atoms with E-state index in [1.54, 1.807) is 24.5 Å². The Hall–Kier alpha value is -2.04. The molecule has 0 radical (unpaired) electrons. The van der Waals surface area contributed by atoms with E-state index in [2.05, 4.69) is 4.98 Å². The summed E-state index contributed by atoms with van der Waals surface area (Å²) in [6, 6.07) is 3.16. The number of fused-ring (bicyclic) bond motifs is 1. The fraction of sp³-hybridized carbons (Fsp3) is 0.200. The van der Waals surface area contributed by atoms with Crippen LogP contribution in [0, 0.1) is 0 Å². The minimum atomic E-state index is -0.926. The van der Waals surface area contributed by atoms with Gasteiger partial charge in [0, 0.05) is 20.3 Å². The highest BCUT2D eigenvalue weighted by Gasteiger charge is 2.08. The van der Waals surface area contributed by atoms with Crippen molar-refractivity contribution in [2.45, 2.75) is 0 Å². The highest BCUT2D eigenvalue weighted by Crippen LogP contribution is 2.14. The third-order valence-corrected chi connectivity index (χ3v) is 2.16. The number of hydrogen-bond acceptors (Lipinski definition) is 3. The van der Waals surface area contributed by atoms with E-state index in [-0.39, 0.29) is 5.56 Å². The Kier molecular flexibility index (Phi) is 2.07. The molecule has 2 aromatic rings. The molecule has 1 N–H and O–H groups in total. The van der Waals surface area contributed by atoms with Crippen molar-refractivity contribution in [1.82, 2.24) is 9.38 Å². The Morgan fingerprint density at radius 1 is 1.53 bits per heavy atom. The molecule has 15 heavy (non-hydrogen) atoms. The van der Waals surface area contributed by atoms with Gasteiger partial charge in [-0.3, -0.25) is 4.40 Å². The minimum absolute atomic E-state index is 0.271. The predicted molar refractivity (Wildman–Crippen MR) is 56.5 cm³/mol. The van der Waals surface area contributed by atoms with Gasteiger partial charge < -0.3 is 10.0 Å². The van der Waals surface area contributed by atoms with Crippen molar-refractivity contribution in [3.63, 3.8) is 0 Å². The Morgan fingerprint density at radius 3 is 2.87 bits per heavy atom. The zero-order valence-corrected chi connectivity index (χ0v) is 8.51. The number of hydrogen-bond donors (Lipinski definition) is 1. The molecule has 5 heteroatoms. The van der Waals surface area contributed by atoms with Gasteiger partial charge in [0.25, 0.3) is 0 Å². The number of aromatic nitrogens is 2. The van der Waals surface area contributed by atoms with Crippen LogP contribution < -0.4 is 4.90 Å². The van der Waals surface area contributed by atoms with Crippen molar-refractivity contribution in [3.8, 4) is 0 Å². The molecule has 5 nitrogen and oxygen atoms in total. The molecule has 0 saturated carbocycles. The van der Waals surface area contributed by atoms with Crippen molar-refractivity contribution in [2.75, 3.05) is 19.0 Å². The number of pyridine rings is 1. The summed E-state index contributed by atoms with van der Waals surface area (Å²) in [6.45, 7) is 0. The Bertz CT molecular complexity index is 516. The fourth-order valence-corrected chi connectivity index (χ4v) is 1.45. The summed E-state index contributed by atoms with van der Waals surface area (Å²) < 4.78 is 1.84. The van der Waals surface area contributed by atoms with Gasteiger partial charge in [0.2, 0.25) is 5.95 Å². The van der Waals surface area contributed by atoms with E-state index < -0.39 is 5.97 Å². The lowest BCUT2D eigenvalue weighted by Gasteiger charge is -2.09. The molecule has 0 aliphatic rings. The van der Waals surface area contributed by atoms with Crippen molar-refractivity contribution in [2.24, 2.45) is 0 Å². The number of carboxylic acid groups (broad SMARTS) is 1. The van der Waals surface area contributed by atoms with E-state index in [4.69, 9.17) is 5.11 Å². The number of rotatable bonds is 2. The smallest absolute Gasteiger partial charge is 0.335 e. The van der Waals surface area contributed by atoms with Gasteiger partial charge in [-0.15, -0.1) is 0 Å². The first kappa shape index (κ1) is 9.51. The zero-order chi connectivity index (χ0) is 11.0. The molecule has 0 spiro atoms. The summed E-state index contributed by atoms with van der Waals surface area (Å²) in [6.07, 6.45) is 3.36. The van der Waals surface area contributed by atoms with Crippen LogP contribution >= 0.6 is 0 Å². The fourth-order valence-electron chi connectivity index (χ4n) is 1.45. The molecule has 78 valence electrons. The van der Waals surface area contributed by atoms with Gasteiger partial charge in [-0.05, 0) is 12.1 Å². The monoisotopic (exact) mass is 205 g/mol. The van der Waals surface area contributed by atoms with Crippen LogP contribution in [0.5, 0.6) is 0 Å². The average molecular weight is 205 g/mol. The lowest BCUT2D eigenvalue weighted by Crippen LogP contribution is -2.12. The lowest BCUT2D eigenvalue weighted by molar-refractivity contribution is 0.0697. The average Bonchev–Trinajstić information content (AvgIpc) is 2.59. The third kappa shape index (κ3) is 1.52. The molecule has 0 bridgehead atoms. The standard InChI is InChI=1S/C10H11N3O2/c1-12(2)10-11-6-8-5-7(9(14)15)3-4-13(8)10/h3-6H,1-2H3,(H,14,15). The van der Waals surface area contributed by atoms with E-state index in [0.717, 1.165) is 11.5 Å². The van der Waals surface area contributed by atoms with Gasteiger partial charge >= 0.3 is 5.97 Å². The Labute approximate surface area is 86.6 Å². The second-order valence-corrected chi connectivity index (χ2v) is 3.47. The predicted octanol–water partition coefficient (Wildman–Crippen LogP) is 1.10. The largest absolute Gasteiger partial charge is 0.478 e. The summed E-state index contributed by atoms with van der Waals surface area (Å²) in [5, 5.41) is 8.82. The molecule has 0 aliphatic carbocycles. The van der Waals surface area contributed by atoms with Gasteiger partial charge in [0.05, 0.1) is 17.3 Å². The molecule has 2 aromatic heterocycles. The van der Waals surface area contributed by atoms with E-state index in [9.17, 15) is 4.79 Å². The number of carbonyl (C=O) groups is 1. The SMILES string of the molecule is CN(C)c1ncc2cc(C(=O)O)ccn12. The number of imidazole rings is 1. The molecule has 0 amide bonds. The molecule has 0 aliphatic heterocycles. The summed E-state index contributed by atoms with van der Waals surface area (Å²) >= 11 is 0. The van der Waals surface area contributed by atoms with Gasteiger partial charge in [-0.1, -0.05) is 0 Å². The molecule has 0 fully saturated rings. The summed E-state index contributed by atoms with van der Waals surface area (Å²) in [7, 11) is 3.78. The van der Waals surface area contributed by atoms with Gasteiger partial charge in [0.15, 0.2) is 0 Å². The highest BCUT2D eigenvalue weighted by atomic mass is 16.4. The molecular formula is C10H11N3O2. The Balaban J connectivity index is 2.61. The first-order valence-electron chi connectivity index (χ1n) is 4.47. The third-order valence-electron chi connectivity index (χ3n) is 2.16. The molecule has 0 saturated heterocycles. The molecule has 2 heterocycles. The van der Waals surface area contributed by atoms with Crippen LogP contribution in [0.4, 0.5) is 5.95 Å². The van der Waals surface area contributed by atoms with Crippen molar-refractivity contribution in [3.05, 3.63) is 30.1 Å². The zero-order valence-electron chi connectivity index (χ0n) is 8.51. The van der Waals surface area contributed by atoms with Crippen molar-refractivity contribution < 1.29 is 9.90 Å². The highest BCUT2D eigenvalue weighted by molar-refractivity contribution is 5.89. The van der Waals surface area contributed by atoms with E-state index in [0.29, 0.717) is 0 Å². The van der Waals surface area contributed by atoms with Crippen LogP contribution in [0.25, 0.3) is 5.52 Å². The number of aromatic carboxylic acids is 1. The van der Waals surface area contributed by atoms with Crippen molar-refractivity contribution in [1.29, 1.82) is 0 Å². The molecular weight excluding hydrogens is 194 g/mol. The second kappa shape index (κ2) is 3.27. The van der Waals surface area contributed by atoms with Crippen LogP contribution in [0.2, 0.25) is 0 Å². The maximum Gasteiger partial charge on any atom is 0.335 e. The lowest BCUT2D eigenvalue weighted by atomic mass is 10.2. The maximum absolute atomic E-state index is 10.7. The van der Waals surface area contributed by atoms with Crippen LogP contribution in [0.1, 0.15) is 10.4 Å². The van der Waals surface area contributed by atoms with Crippen LogP contribution in [-0.2, 0) is 0 Å². The molecule has 0 aromatic carbocycles.